The Kier molecular flexibility index (Phi) is 3.52. The van der Waals surface area contributed by atoms with Gasteiger partial charge in [-0.2, -0.15) is 0 Å². The molecule has 1 unspecified atom stereocenters. The van der Waals surface area contributed by atoms with Crippen molar-refractivity contribution in [3.05, 3.63) is 63.4 Å². The Labute approximate surface area is 125 Å². The van der Waals surface area contributed by atoms with Gasteiger partial charge in [-0.1, -0.05) is 22.0 Å². The van der Waals surface area contributed by atoms with E-state index in [2.05, 4.69) is 15.9 Å². The maximum absolute atomic E-state index is 13.2. The van der Waals surface area contributed by atoms with Crippen LogP contribution in [0.4, 0.5) is 4.39 Å². The third-order valence-electron chi connectivity index (χ3n) is 3.69. The highest BCUT2D eigenvalue weighted by atomic mass is 79.9. The van der Waals surface area contributed by atoms with E-state index in [1.165, 1.54) is 12.1 Å². The highest BCUT2D eigenvalue weighted by molar-refractivity contribution is 9.10. The number of halogens is 2. The molecule has 2 atom stereocenters. The average Bonchev–Trinajstić information content (AvgIpc) is 2.39. The Hall–Kier alpha value is -1.39. The minimum absolute atomic E-state index is 0.0781. The van der Waals surface area contributed by atoms with Crippen molar-refractivity contribution in [1.82, 2.24) is 0 Å². The Morgan fingerprint density at radius 3 is 2.75 bits per heavy atom. The molecule has 104 valence electrons. The zero-order chi connectivity index (χ0) is 14.3. The van der Waals surface area contributed by atoms with Gasteiger partial charge < -0.3 is 10.5 Å². The molecule has 0 bridgehead atoms. The highest BCUT2D eigenvalue weighted by Crippen LogP contribution is 2.41. The smallest absolute Gasteiger partial charge is 0.126 e. The van der Waals surface area contributed by atoms with Crippen LogP contribution in [0.25, 0.3) is 0 Å². The molecular weight excluding hydrogens is 321 g/mol. The Bertz CT molecular complexity index is 659. The van der Waals surface area contributed by atoms with Crippen molar-refractivity contribution >= 4 is 15.9 Å². The first-order valence-electron chi connectivity index (χ1n) is 6.52. The van der Waals surface area contributed by atoms with Gasteiger partial charge in [0.05, 0.1) is 0 Å². The minimum atomic E-state index is -0.226. The molecule has 2 nitrogen and oxygen atoms in total. The number of rotatable bonds is 1. The van der Waals surface area contributed by atoms with Crippen molar-refractivity contribution in [2.75, 3.05) is 0 Å². The Morgan fingerprint density at radius 2 is 2.00 bits per heavy atom. The van der Waals surface area contributed by atoms with E-state index < -0.39 is 0 Å². The summed E-state index contributed by atoms with van der Waals surface area (Å²) in [6.07, 6.45) is 0.565. The summed E-state index contributed by atoms with van der Waals surface area (Å²) < 4.78 is 20.2. The zero-order valence-electron chi connectivity index (χ0n) is 11.1. The van der Waals surface area contributed by atoms with Gasteiger partial charge in [0.25, 0.3) is 0 Å². The first kappa shape index (κ1) is 13.6. The van der Waals surface area contributed by atoms with Crippen LogP contribution in [0, 0.1) is 12.7 Å². The molecule has 1 aliphatic heterocycles. The summed E-state index contributed by atoms with van der Waals surface area (Å²) >= 11 is 3.44. The second-order valence-corrected chi connectivity index (χ2v) is 6.05. The maximum Gasteiger partial charge on any atom is 0.126 e. The first-order chi connectivity index (χ1) is 9.54. The normalized spacial score (nSPS) is 21.2. The van der Waals surface area contributed by atoms with E-state index in [0.29, 0.717) is 6.42 Å². The molecule has 3 rings (SSSR count). The van der Waals surface area contributed by atoms with E-state index in [1.54, 1.807) is 6.07 Å². The second-order valence-electron chi connectivity index (χ2n) is 5.13. The summed E-state index contributed by atoms with van der Waals surface area (Å²) in [5, 5.41) is 0. The van der Waals surface area contributed by atoms with Crippen LogP contribution in [0.1, 0.15) is 35.3 Å². The summed E-state index contributed by atoms with van der Waals surface area (Å²) in [5.41, 5.74) is 9.14. The largest absolute Gasteiger partial charge is 0.485 e. The van der Waals surface area contributed by atoms with Gasteiger partial charge in [-0.25, -0.2) is 4.39 Å². The van der Waals surface area contributed by atoms with E-state index in [-0.39, 0.29) is 18.0 Å². The fourth-order valence-electron chi connectivity index (χ4n) is 2.67. The Balaban J connectivity index is 1.97. The molecule has 0 saturated carbocycles. The van der Waals surface area contributed by atoms with Gasteiger partial charge in [0.2, 0.25) is 0 Å². The lowest BCUT2D eigenvalue weighted by Gasteiger charge is -2.31. The minimum Gasteiger partial charge on any atom is -0.485 e. The van der Waals surface area contributed by atoms with Crippen molar-refractivity contribution in [1.29, 1.82) is 0 Å². The molecule has 0 aliphatic carbocycles. The average molecular weight is 336 g/mol. The molecular formula is C16H15BrFNO. The lowest BCUT2D eigenvalue weighted by Crippen LogP contribution is -2.24. The summed E-state index contributed by atoms with van der Waals surface area (Å²) in [5.74, 6) is 0.580. The van der Waals surface area contributed by atoms with Gasteiger partial charge in [-0.15, -0.1) is 0 Å². The second kappa shape index (κ2) is 5.19. The van der Waals surface area contributed by atoms with Crippen molar-refractivity contribution in [2.45, 2.75) is 25.5 Å². The number of hydrogen-bond acceptors (Lipinski definition) is 2. The van der Waals surface area contributed by atoms with Gasteiger partial charge in [0.15, 0.2) is 0 Å². The Morgan fingerprint density at radius 1 is 1.20 bits per heavy atom. The van der Waals surface area contributed by atoms with Gasteiger partial charge in [0, 0.05) is 22.5 Å². The van der Waals surface area contributed by atoms with Crippen LogP contribution < -0.4 is 10.5 Å². The SMILES string of the molecule is Cc1cc(F)ccc1C1C[C@@H](N)c2cc(Br)ccc2O1. The van der Waals surface area contributed by atoms with Crippen LogP contribution in [0.15, 0.2) is 40.9 Å². The summed E-state index contributed by atoms with van der Waals surface area (Å²) in [6.45, 7) is 1.89. The van der Waals surface area contributed by atoms with Gasteiger partial charge in [0.1, 0.15) is 17.7 Å². The van der Waals surface area contributed by atoms with Crippen molar-refractivity contribution < 1.29 is 9.13 Å². The van der Waals surface area contributed by atoms with Crippen LogP contribution in [-0.4, -0.2) is 0 Å². The number of aryl methyl sites for hydroxylation is 1. The van der Waals surface area contributed by atoms with Crippen LogP contribution in [0.2, 0.25) is 0 Å². The van der Waals surface area contributed by atoms with Crippen molar-refractivity contribution in [2.24, 2.45) is 5.73 Å². The van der Waals surface area contributed by atoms with Gasteiger partial charge in [-0.3, -0.25) is 0 Å². The molecule has 0 saturated heterocycles. The molecule has 0 aromatic heterocycles. The molecule has 1 aliphatic rings. The lowest BCUT2D eigenvalue weighted by molar-refractivity contribution is 0.161. The maximum atomic E-state index is 13.2. The molecule has 0 spiro atoms. The molecule has 2 N–H and O–H groups in total. The molecule has 2 aromatic carbocycles. The zero-order valence-corrected chi connectivity index (χ0v) is 12.7. The highest BCUT2D eigenvalue weighted by Gasteiger charge is 2.28. The lowest BCUT2D eigenvalue weighted by atomic mass is 9.92. The fraction of sp³-hybridized carbons (Fsp3) is 0.250. The van der Waals surface area contributed by atoms with Gasteiger partial charge in [-0.05, 0) is 48.4 Å². The number of nitrogens with two attached hydrogens (primary N) is 1. The number of hydrogen-bond donors (Lipinski definition) is 1. The van der Waals surface area contributed by atoms with E-state index in [4.69, 9.17) is 10.5 Å². The van der Waals surface area contributed by atoms with Gasteiger partial charge >= 0.3 is 0 Å². The van der Waals surface area contributed by atoms with Crippen LogP contribution in [-0.2, 0) is 0 Å². The molecule has 0 radical (unpaired) electrons. The van der Waals surface area contributed by atoms with Crippen LogP contribution in [0.3, 0.4) is 0 Å². The molecule has 2 aromatic rings. The molecule has 0 fully saturated rings. The van der Waals surface area contributed by atoms with E-state index in [1.807, 2.05) is 25.1 Å². The molecule has 1 heterocycles. The van der Waals surface area contributed by atoms with Crippen molar-refractivity contribution in [3.63, 3.8) is 0 Å². The number of ether oxygens (including phenoxy) is 1. The third-order valence-corrected chi connectivity index (χ3v) is 4.18. The fourth-order valence-corrected chi connectivity index (χ4v) is 3.04. The van der Waals surface area contributed by atoms with E-state index in [0.717, 1.165) is 26.9 Å². The number of fused-ring (bicyclic) bond motifs is 1. The van der Waals surface area contributed by atoms with Crippen LogP contribution in [0.5, 0.6) is 5.75 Å². The molecule has 0 amide bonds. The monoisotopic (exact) mass is 335 g/mol. The standard InChI is InChI=1S/C16H15BrFNO/c1-9-6-11(18)3-4-12(9)16-8-14(19)13-7-10(17)2-5-15(13)20-16/h2-7,14,16H,8,19H2,1H3/t14-,16?/m1/s1. The van der Waals surface area contributed by atoms with Crippen molar-refractivity contribution in [3.8, 4) is 5.75 Å². The first-order valence-corrected chi connectivity index (χ1v) is 7.31. The third kappa shape index (κ3) is 2.45. The predicted molar refractivity (Wildman–Crippen MR) is 80.2 cm³/mol. The van der Waals surface area contributed by atoms with E-state index in [9.17, 15) is 4.39 Å². The summed E-state index contributed by atoms with van der Waals surface area (Å²) in [7, 11) is 0. The predicted octanol–water partition coefficient (Wildman–Crippen LogP) is 4.42. The molecule has 20 heavy (non-hydrogen) atoms. The van der Waals surface area contributed by atoms with E-state index >= 15 is 0 Å². The topological polar surface area (TPSA) is 35.2 Å². The number of benzene rings is 2. The quantitative estimate of drug-likeness (QED) is 0.837. The molecule has 4 heteroatoms. The summed E-state index contributed by atoms with van der Waals surface area (Å²) in [6, 6.07) is 10.6. The summed E-state index contributed by atoms with van der Waals surface area (Å²) in [4.78, 5) is 0. The van der Waals surface area contributed by atoms with Crippen LogP contribution >= 0.6 is 15.9 Å².